The van der Waals surface area contributed by atoms with Gasteiger partial charge in [0.25, 0.3) is 0 Å². The molecule has 0 aromatic carbocycles. The summed E-state index contributed by atoms with van der Waals surface area (Å²) in [6, 6.07) is 1.96. The van der Waals surface area contributed by atoms with Crippen LogP contribution in [0.4, 0.5) is 0 Å². The van der Waals surface area contributed by atoms with E-state index in [1.165, 1.54) is 0 Å². The Balaban J connectivity index is 0.000000255. The number of nitrogens with two attached hydrogens (primary N) is 1. The van der Waals surface area contributed by atoms with Crippen molar-refractivity contribution in [1.29, 1.82) is 0 Å². The van der Waals surface area contributed by atoms with Crippen LogP contribution in [-0.2, 0) is 9.59 Å². The van der Waals surface area contributed by atoms with E-state index in [1.807, 2.05) is 13.0 Å². The van der Waals surface area contributed by atoms with Crippen molar-refractivity contribution in [3.05, 3.63) is 24.2 Å². The van der Waals surface area contributed by atoms with E-state index in [-0.39, 0.29) is 6.04 Å². The van der Waals surface area contributed by atoms with Crippen molar-refractivity contribution < 1.29 is 24.2 Å². The van der Waals surface area contributed by atoms with E-state index in [1.54, 1.807) is 12.5 Å². The lowest BCUT2D eigenvalue weighted by Crippen LogP contribution is -2.09. The van der Waals surface area contributed by atoms with Crippen LogP contribution in [0.5, 0.6) is 0 Å². The van der Waals surface area contributed by atoms with Gasteiger partial charge in [0.15, 0.2) is 0 Å². The Hall–Kier alpha value is -1.82. The standard InChI is InChI=1S/C6H9NO.C2H2O4/c1-5(7)6-2-3-8-4-6;3-1(4)2(5)6/h2-5H,7H2,1H3;(H,3,4)(H,5,6). The van der Waals surface area contributed by atoms with E-state index in [4.69, 9.17) is 30.0 Å². The molecule has 0 saturated carbocycles. The van der Waals surface area contributed by atoms with Gasteiger partial charge in [-0.15, -0.1) is 0 Å². The third-order valence-corrected chi connectivity index (χ3v) is 1.25. The van der Waals surface area contributed by atoms with E-state index >= 15 is 0 Å². The fourth-order valence-corrected chi connectivity index (χ4v) is 0.534. The third-order valence-electron chi connectivity index (χ3n) is 1.25. The molecule has 6 nitrogen and oxygen atoms in total. The maximum atomic E-state index is 9.10. The van der Waals surface area contributed by atoms with Gasteiger partial charge in [0, 0.05) is 11.6 Å². The van der Waals surface area contributed by atoms with E-state index in [0.717, 1.165) is 5.56 Å². The number of hydrogen-bond acceptors (Lipinski definition) is 4. The van der Waals surface area contributed by atoms with Gasteiger partial charge in [-0.2, -0.15) is 0 Å². The van der Waals surface area contributed by atoms with Crippen molar-refractivity contribution in [2.75, 3.05) is 0 Å². The van der Waals surface area contributed by atoms with Crippen LogP contribution in [-0.4, -0.2) is 22.2 Å². The van der Waals surface area contributed by atoms with E-state index in [0.29, 0.717) is 0 Å². The molecule has 0 amide bonds. The molecule has 1 unspecified atom stereocenters. The van der Waals surface area contributed by atoms with Crippen molar-refractivity contribution >= 4 is 11.9 Å². The largest absolute Gasteiger partial charge is 0.473 e. The first-order valence-electron chi connectivity index (χ1n) is 3.69. The topological polar surface area (TPSA) is 114 Å². The molecule has 1 atom stereocenters. The lowest BCUT2D eigenvalue weighted by molar-refractivity contribution is -0.159. The maximum Gasteiger partial charge on any atom is 0.414 e. The van der Waals surface area contributed by atoms with Crippen molar-refractivity contribution in [3.8, 4) is 0 Å². The van der Waals surface area contributed by atoms with Gasteiger partial charge in [0.05, 0.1) is 12.5 Å². The highest BCUT2D eigenvalue weighted by Crippen LogP contribution is 2.07. The second kappa shape index (κ2) is 5.76. The summed E-state index contributed by atoms with van der Waals surface area (Å²) in [5, 5.41) is 14.8. The van der Waals surface area contributed by atoms with Crippen LogP contribution in [0.3, 0.4) is 0 Å². The molecule has 1 aromatic rings. The summed E-state index contributed by atoms with van der Waals surface area (Å²) < 4.78 is 4.80. The van der Waals surface area contributed by atoms with Crippen LogP contribution >= 0.6 is 0 Å². The summed E-state index contributed by atoms with van der Waals surface area (Å²) in [4.78, 5) is 18.2. The Morgan fingerprint density at radius 3 is 2.07 bits per heavy atom. The summed E-state index contributed by atoms with van der Waals surface area (Å²) in [6.45, 7) is 1.92. The van der Waals surface area contributed by atoms with Gasteiger partial charge in [-0.3, -0.25) is 0 Å². The molecule has 0 bridgehead atoms. The molecule has 1 aromatic heterocycles. The van der Waals surface area contributed by atoms with Gasteiger partial charge in [0.2, 0.25) is 0 Å². The van der Waals surface area contributed by atoms with Crippen molar-refractivity contribution in [1.82, 2.24) is 0 Å². The Kier molecular flexibility index (Phi) is 5.01. The Morgan fingerprint density at radius 1 is 1.43 bits per heavy atom. The van der Waals surface area contributed by atoms with Crippen molar-refractivity contribution in [2.45, 2.75) is 13.0 Å². The summed E-state index contributed by atoms with van der Waals surface area (Å²) >= 11 is 0. The molecule has 0 aliphatic heterocycles. The minimum Gasteiger partial charge on any atom is -0.473 e. The molecular weight excluding hydrogens is 190 g/mol. The number of carbonyl (C=O) groups is 2. The number of rotatable bonds is 1. The number of furan rings is 1. The average molecular weight is 201 g/mol. The highest BCUT2D eigenvalue weighted by atomic mass is 16.4. The third kappa shape index (κ3) is 4.94. The molecule has 1 rings (SSSR count). The molecular formula is C8H11NO5. The van der Waals surface area contributed by atoms with Crippen LogP contribution in [0, 0.1) is 0 Å². The highest BCUT2D eigenvalue weighted by molar-refractivity contribution is 6.27. The van der Waals surface area contributed by atoms with Gasteiger partial charge in [-0.1, -0.05) is 0 Å². The van der Waals surface area contributed by atoms with Gasteiger partial charge in [-0.05, 0) is 13.0 Å². The molecule has 0 saturated heterocycles. The van der Waals surface area contributed by atoms with E-state index in [9.17, 15) is 0 Å². The Bertz CT molecular complexity index is 279. The Morgan fingerprint density at radius 2 is 1.93 bits per heavy atom. The normalized spacial score (nSPS) is 11.0. The average Bonchev–Trinajstić information content (AvgIpc) is 2.56. The van der Waals surface area contributed by atoms with Gasteiger partial charge >= 0.3 is 11.9 Å². The minimum absolute atomic E-state index is 0.0914. The number of carboxylic acid groups (broad SMARTS) is 2. The first-order valence-corrected chi connectivity index (χ1v) is 3.69. The smallest absolute Gasteiger partial charge is 0.414 e. The quantitative estimate of drug-likeness (QED) is 0.568. The van der Waals surface area contributed by atoms with Crippen LogP contribution in [0.25, 0.3) is 0 Å². The SMILES string of the molecule is CC(N)c1ccoc1.O=C(O)C(=O)O. The zero-order valence-electron chi connectivity index (χ0n) is 7.51. The summed E-state index contributed by atoms with van der Waals surface area (Å²) in [7, 11) is 0. The van der Waals surface area contributed by atoms with E-state index in [2.05, 4.69) is 0 Å². The number of aliphatic carboxylic acids is 2. The van der Waals surface area contributed by atoms with Crippen LogP contribution in [0.2, 0.25) is 0 Å². The Labute approximate surface area is 79.9 Å². The monoisotopic (exact) mass is 201 g/mol. The fourth-order valence-electron chi connectivity index (χ4n) is 0.534. The minimum atomic E-state index is -1.82. The fraction of sp³-hybridized carbons (Fsp3) is 0.250. The first kappa shape index (κ1) is 12.2. The molecule has 6 heteroatoms. The maximum absolute atomic E-state index is 9.10. The first-order chi connectivity index (χ1) is 6.45. The second-order valence-corrected chi connectivity index (χ2v) is 2.46. The van der Waals surface area contributed by atoms with Gasteiger partial charge in [0.1, 0.15) is 0 Å². The van der Waals surface area contributed by atoms with Crippen molar-refractivity contribution in [2.24, 2.45) is 5.73 Å². The lowest BCUT2D eigenvalue weighted by atomic mass is 10.2. The van der Waals surface area contributed by atoms with Crippen molar-refractivity contribution in [3.63, 3.8) is 0 Å². The molecule has 14 heavy (non-hydrogen) atoms. The van der Waals surface area contributed by atoms with Gasteiger partial charge < -0.3 is 20.4 Å². The number of hydrogen-bond donors (Lipinski definition) is 3. The predicted octanol–water partition coefficient (Wildman–Crippen LogP) is 0.455. The zero-order chi connectivity index (χ0) is 11.1. The molecule has 78 valence electrons. The predicted molar refractivity (Wildman–Crippen MR) is 46.6 cm³/mol. The summed E-state index contributed by atoms with van der Waals surface area (Å²) in [6.07, 6.45) is 3.28. The van der Waals surface area contributed by atoms with Crippen LogP contribution < -0.4 is 5.73 Å². The molecule has 0 aliphatic carbocycles. The molecule has 0 aliphatic rings. The molecule has 0 fully saturated rings. The van der Waals surface area contributed by atoms with E-state index < -0.39 is 11.9 Å². The zero-order valence-corrected chi connectivity index (χ0v) is 7.51. The van der Waals surface area contributed by atoms with Crippen LogP contribution in [0.1, 0.15) is 18.5 Å². The van der Waals surface area contributed by atoms with Crippen LogP contribution in [0.15, 0.2) is 23.0 Å². The van der Waals surface area contributed by atoms with Gasteiger partial charge in [-0.25, -0.2) is 9.59 Å². The number of carboxylic acids is 2. The summed E-state index contributed by atoms with van der Waals surface area (Å²) in [5.41, 5.74) is 6.54. The molecule has 0 spiro atoms. The highest BCUT2D eigenvalue weighted by Gasteiger charge is 2.04. The summed E-state index contributed by atoms with van der Waals surface area (Å²) in [5.74, 6) is -3.65. The molecule has 0 radical (unpaired) electrons. The lowest BCUT2D eigenvalue weighted by Gasteiger charge is -1.95. The molecule has 1 heterocycles. The molecule has 4 N–H and O–H groups in total. The second-order valence-electron chi connectivity index (χ2n) is 2.46.